The molecular formula is C24H35BrClNO2. The van der Waals surface area contributed by atoms with E-state index >= 15 is 0 Å². The van der Waals surface area contributed by atoms with Crippen molar-refractivity contribution >= 4 is 44.4 Å². The second-order valence-corrected chi connectivity index (χ2v) is 9.19. The first-order chi connectivity index (χ1) is 14.1. The summed E-state index contributed by atoms with van der Waals surface area (Å²) in [6.07, 6.45) is 19.1. The summed E-state index contributed by atoms with van der Waals surface area (Å²) in [5.74, 6) is 0.400. The minimum atomic E-state index is -0.167. The molecule has 0 amide bonds. The number of halogens is 2. The van der Waals surface area contributed by atoms with E-state index in [0.29, 0.717) is 17.2 Å². The quantitative estimate of drug-likeness (QED) is 0.202. The first kappa shape index (κ1) is 24.3. The van der Waals surface area contributed by atoms with Crippen LogP contribution < -0.4 is 4.74 Å². The summed E-state index contributed by atoms with van der Waals surface area (Å²) >= 11 is 9.51. The van der Waals surface area contributed by atoms with Crippen LogP contribution in [-0.2, 0) is 4.79 Å². The van der Waals surface area contributed by atoms with E-state index in [1.54, 1.807) is 6.20 Å². The molecule has 5 heteroatoms. The molecule has 0 saturated carbocycles. The van der Waals surface area contributed by atoms with E-state index in [-0.39, 0.29) is 5.97 Å². The van der Waals surface area contributed by atoms with E-state index in [9.17, 15) is 4.79 Å². The largest absolute Gasteiger partial charge is 0.424 e. The molecule has 1 aromatic heterocycles. The number of carbonyl (C=O) groups is 1. The number of H-pyrrole nitrogens is 1. The number of aromatic amines is 1. The predicted octanol–water partition coefficient (Wildman–Crippen LogP) is 8.97. The Bertz CT molecular complexity index is 744. The van der Waals surface area contributed by atoms with Gasteiger partial charge in [-0.1, -0.05) is 95.6 Å². The number of nitrogens with one attached hydrogen (secondary N) is 1. The maximum absolute atomic E-state index is 12.1. The molecule has 162 valence electrons. The number of fused-ring (bicyclic) bond motifs is 1. The van der Waals surface area contributed by atoms with Gasteiger partial charge in [-0.3, -0.25) is 4.79 Å². The predicted molar refractivity (Wildman–Crippen MR) is 127 cm³/mol. The molecule has 1 heterocycles. The molecule has 1 N–H and O–H groups in total. The molecule has 0 spiro atoms. The van der Waals surface area contributed by atoms with Crippen molar-refractivity contribution in [2.75, 3.05) is 0 Å². The zero-order valence-electron chi connectivity index (χ0n) is 17.7. The number of hydrogen-bond donors (Lipinski definition) is 1. The summed E-state index contributed by atoms with van der Waals surface area (Å²) < 4.78 is 6.33. The van der Waals surface area contributed by atoms with Gasteiger partial charge in [-0.15, -0.1) is 0 Å². The van der Waals surface area contributed by atoms with Crippen molar-refractivity contribution in [3.05, 3.63) is 27.8 Å². The van der Waals surface area contributed by atoms with E-state index in [2.05, 4.69) is 27.8 Å². The highest BCUT2D eigenvalue weighted by Gasteiger charge is 2.12. The number of carbonyl (C=O) groups excluding carboxylic acids is 1. The van der Waals surface area contributed by atoms with E-state index < -0.39 is 0 Å². The van der Waals surface area contributed by atoms with Gasteiger partial charge >= 0.3 is 5.97 Å². The lowest BCUT2D eigenvalue weighted by Crippen LogP contribution is -2.07. The maximum Gasteiger partial charge on any atom is 0.311 e. The number of hydrogen-bond acceptors (Lipinski definition) is 2. The highest BCUT2D eigenvalue weighted by atomic mass is 79.9. The third-order valence-corrected chi connectivity index (χ3v) is 6.59. The highest BCUT2D eigenvalue weighted by Crippen LogP contribution is 2.33. The van der Waals surface area contributed by atoms with E-state index in [1.807, 2.05) is 12.1 Å². The molecule has 0 saturated heterocycles. The molecule has 0 aliphatic heterocycles. The van der Waals surface area contributed by atoms with Crippen molar-refractivity contribution in [3.8, 4) is 5.75 Å². The van der Waals surface area contributed by atoms with Crippen molar-refractivity contribution in [2.24, 2.45) is 0 Å². The third kappa shape index (κ3) is 9.13. The minimum absolute atomic E-state index is 0.167. The van der Waals surface area contributed by atoms with Gasteiger partial charge < -0.3 is 9.72 Å². The summed E-state index contributed by atoms with van der Waals surface area (Å²) in [7, 11) is 0. The molecule has 0 fully saturated rings. The average molecular weight is 485 g/mol. The monoisotopic (exact) mass is 483 g/mol. The van der Waals surface area contributed by atoms with Crippen LogP contribution in [0.1, 0.15) is 96.8 Å². The van der Waals surface area contributed by atoms with Crippen LogP contribution >= 0.6 is 27.5 Å². The van der Waals surface area contributed by atoms with Crippen LogP contribution in [0.5, 0.6) is 5.75 Å². The molecular weight excluding hydrogens is 450 g/mol. The Kier molecular flexibility index (Phi) is 11.8. The van der Waals surface area contributed by atoms with Crippen LogP contribution in [0.2, 0.25) is 5.02 Å². The van der Waals surface area contributed by atoms with Crippen LogP contribution in [0.25, 0.3) is 10.9 Å². The number of esters is 1. The first-order valence-corrected chi connectivity index (χ1v) is 12.5. The fourth-order valence-electron chi connectivity index (χ4n) is 3.64. The van der Waals surface area contributed by atoms with Crippen LogP contribution in [0, 0.1) is 0 Å². The van der Waals surface area contributed by atoms with Gasteiger partial charge in [0.05, 0.1) is 10.5 Å². The molecule has 1 aromatic carbocycles. The highest BCUT2D eigenvalue weighted by molar-refractivity contribution is 9.10. The summed E-state index contributed by atoms with van der Waals surface area (Å²) in [5.41, 5.74) is 0.863. The Morgan fingerprint density at radius 1 is 0.931 bits per heavy atom. The Labute approximate surface area is 189 Å². The summed E-state index contributed by atoms with van der Waals surface area (Å²) in [5, 5.41) is 1.49. The average Bonchev–Trinajstić information content (AvgIpc) is 3.07. The smallest absolute Gasteiger partial charge is 0.311 e. The molecule has 3 nitrogen and oxygen atoms in total. The third-order valence-electron chi connectivity index (χ3n) is 5.39. The molecule has 0 aliphatic carbocycles. The molecule has 2 aromatic rings. The Morgan fingerprint density at radius 3 is 2.07 bits per heavy atom. The van der Waals surface area contributed by atoms with Gasteiger partial charge in [-0.25, -0.2) is 0 Å². The van der Waals surface area contributed by atoms with Gasteiger partial charge in [0.25, 0.3) is 0 Å². The van der Waals surface area contributed by atoms with Crippen LogP contribution in [0.15, 0.2) is 22.8 Å². The Balaban J connectivity index is 1.50. The summed E-state index contributed by atoms with van der Waals surface area (Å²) in [4.78, 5) is 15.2. The topological polar surface area (TPSA) is 42.1 Å². The molecule has 2 rings (SSSR count). The van der Waals surface area contributed by atoms with Gasteiger partial charge in [0.15, 0.2) is 5.75 Å². The lowest BCUT2D eigenvalue weighted by Gasteiger charge is -2.05. The number of aromatic nitrogens is 1. The second-order valence-electron chi connectivity index (χ2n) is 7.93. The van der Waals surface area contributed by atoms with Crippen molar-refractivity contribution < 1.29 is 9.53 Å². The number of ether oxygens (including phenoxy) is 1. The summed E-state index contributed by atoms with van der Waals surface area (Å²) in [6, 6.07) is 3.70. The van der Waals surface area contributed by atoms with Gasteiger partial charge in [0.1, 0.15) is 0 Å². The summed E-state index contributed by atoms with van der Waals surface area (Å²) in [6.45, 7) is 2.27. The molecule has 0 radical (unpaired) electrons. The van der Waals surface area contributed by atoms with Gasteiger partial charge in [-0.05, 0) is 34.5 Å². The van der Waals surface area contributed by atoms with Crippen molar-refractivity contribution in [2.45, 2.75) is 96.8 Å². The SMILES string of the molecule is CCCCCCCCCCCCCCCC(=O)Oc1c[nH]c2cc(Cl)c(Br)cc12. The number of rotatable bonds is 15. The minimum Gasteiger partial charge on any atom is -0.424 e. The van der Waals surface area contributed by atoms with Crippen molar-refractivity contribution in [3.63, 3.8) is 0 Å². The van der Waals surface area contributed by atoms with Crippen LogP contribution in [0.3, 0.4) is 0 Å². The zero-order valence-corrected chi connectivity index (χ0v) is 20.0. The van der Waals surface area contributed by atoms with E-state index in [1.165, 1.54) is 70.6 Å². The number of benzene rings is 1. The Morgan fingerprint density at radius 2 is 1.48 bits per heavy atom. The van der Waals surface area contributed by atoms with Gasteiger partial charge in [-0.2, -0.15) is 0 Å². The fraction of sp³-hybridized carbons (Fsp3) is 0.625. The first-order valence-electron chi connectivity index (χ1n) is 11.3. The van der Waals surface area contributed by atoms with Crippen LogP contribution in [-0.4, -0.2) is 11.0 Å². The maximum atomic E-state index is 12.1. The lowest BCUT2D eigenvalue weighted by molar-refractivity contribution is -0.134. The standard InChI is InChI=1S/C24H35BrClNO2/c1-2-3-4-5-6-7-8-9-10-11-12-13-14-15-24(28)29-23-18-27-22-17-21(26)20(25)16-19(22)23/h16-18,27H,2-15H2,1H3. The van der Waals surface area contributed by atoms with Crippen molar-refractivity contribution in [1.82, 2.24) is 4.98 Å². The Hall–Kier alpha value is -1.000. The van der Waals surface area contributed by atoms with E-state index in [0.717, 1.165) is 28.2 Å². The van der Waals surface area contributed by atoms with Crippen molar-refractivity contribution in [1.29, 1.82) is 0 Å². The van der Waals surface area contributed by atoms with E-state index in [4.69, 9.17) is 16.3 Å². The van der Waals surface area contributed by atoms with Gasteiger partial charge in [0, 0.05) is 22.5 Å². The fourth-order valence-corrected chi connectivity index (χ4v) is 4.14. The second kappa shape index (κ2) is 14.1. The molecule has 0 atom stereocenters. The van der Waals surface area contributed by atoms with Crippen LogP contribution in [0.4, 0.5) is 0 Å². The normalized spacial score (nSPS) is 11.3. The van der Waals surface area contributed by atoms with Gasteiger partial charge in [0.2, 0.25) is 0 Å². The molecule has 0 aliphatic rings. The molecule has 0 bridgehead atoms. The molecule has 0 unspecified atom stereocenters. The number of unbranched alkanes of at least 4 members (excludes halogenated alkanes) is 12. The lowest BCUT2D eigenvalue weighted by atomic mass is 10.0. The zero-order chi connectivity index (χ0) is 20.9. The molecule has 29 heavy (non-hydrogen) atoms.